The third-order valence-electron chi connectivity index (χ3n) is 6.94. The van der Waals surface area contributed by atoms with Crippen molar-refractivity contribution < 1.29 is 4.57 Å². The van der Waals surface area contributed by atoms with E-state index in [1.165, 1.54) is 27.3 Å². The Hall–Kier alpha value is -4.06. The van der Waals surface area contributed by atoms with Crippen molar-refractivity contribution in [1.82, 2.24) is 0 Å². The topological polar surface area (TPSA) is 17.1 Å². The molecule has 0 fully saturated rings. The zero-order chi connectivity index (χ0) is 22.6. The van der Waals surface area contributed by atoms with Gasteiger partial charge in [0.05, 0.1) is 0 Å². The molecule has 2 heteroatoms. The zero-order valence-corrected chi connectivity index (χ0v) is 19.3. The van der Waals surface area contributed by atoms with E-state index in [9.17, 15) is 4.57 Å². The van der Waals surface area contributed by atoms with E-state index < -0.39 is 7.41 Å². The van der Waals surface area contributed by atoms with E-state index in [1.807, 2.05) is 18.2 Å². The average Bonchev–Trinajstić information content (AvgIpc) is 3.02. The Labute approximate surface area is 197 Å². The Bertz CT molecular complexity index is 1970. The highest BCUT2D eigenvalue weighted by Gasteiger charge is 2.21. The fourth-order valence-corrected chi connectivity index (χ4v) is 6.96. The molecule has 0 saturated heterocycles. The van der Waals surface area contributed by atoms with Crippen LogP contribution >= 0.6 is 7.41 Å². The number of benzene rings is 6. The van der Waals surface area contributed by atoms with Gasteiger partial charge in [-0.3, -0.25) is 0 Å². The number of hydrogen-bond donors (Lipinski definition) is 0. The fraction of sp³-hybridized carbons (Fsp3) is 0. The summed E-state index contributed by atoms with van der Waals surface area (Å²) in [6, 6.07) is 42.4. The van der Waals surface area contributed by atoms with E-state index in [-0.39, 0.29) is 0 Å². The molecule has 1 aromatic heterocycles. The van der Waals surface area contributed by atoms with Gasteiger partial charge in [0.2, 0.25) is 10.2 Å². The van der Waals surface area contributed by atoms with Crippen LogP contribution in [0.4, 0.5) is 0 Å². The van der Waals surface area contributed by atoms with E-state index in [2.05, 4.69) is 103 Å². The van der Waals surface area contributed by atoms with Gasteiger partial charge in [-0.15, -0.1) is 0 Å². The lowest BCUT2D eigenvalue weighted by atomic mass is 9.92. The van der Waals surface area contributed by atoms with Crippen molar-refractivity contribution in [1.29, 1.82) is 0 Å². The fourth-order valence-electron chi connectivity index (χ4n) is 5.42. The highest BCUT2D eigenvalue weighted by molar-refractivity contribution is 7.49. The molecule has 1 atom stereocenters. The van der Waals surface area contributed by atoms with Gasteiger partial charge in [-0.05, 0) is 62.3 Å². The summed E-state index contributed by atoms with van der Waals surface area (Å²) < 4.78 is 14.0. The second-order valence-corrected chi connectivity index (χ2v) is 10.3. The number of hydrogen-bond acceptors (Lipinski definition) is 1. The number of rotatable bonds is 1. The molecule has 0 bridgehead atoms. The Morgan fingerprint density at radius 2 is 1.09 bits per heavy atom. The highest BCUT2D eigenvalue weighted by atomic mass is 31.1. The smallest absolute Gasteiger partial charge is 0.0622 e. The summed E-state index contributed by atoms with van der Waals surface area (Å²) in [6.07, 6.45) is 0. The van der Waals surface area contributed by atoms with Crippen LogP contribution in [0.25, 0.3) is 64.5 Å². The quantitative estimate of drug-likeness (QED) is 0.243. The molecule has 0 N–H and O–H groups in total. The van der Waals surface area contributed by atoms with Crippen LogP contribution in [-0.4, -0.2) is 0 Å². The molecule has 6 aromatic carbocycles. The Morgan fingerprint density at radius 1 is 0.412 bits per heavy atom. The van der Waals surface area contributed by atoms with Gasteiger partial charge in [-0.25, -0.2) is 0 Å². The van der Waals surface area contributed by atoms with Crippen LogP contribution in [0, 0.1) is 0 Å². The van der Waals surface area contributed by atoms with E-state index in [0.717, 1.165) is 37.2 Å². The minimum Gasteiger partial charge on any atom is -0.0622 e. The SMILES string of the molecule is O=[p+]1c2ccccc2c2ccc3c(-c4ccccc4)cccc3c2c2c3ccccc3ccc21. The molecule has 34 heavy (non-hydrogen) atoms. The Kier molecular flexibility index (Phi) is 4.27. The predicted molar refractivity (Wildman–Crippen MR) is 147 cm³/mol. The van der Waals surface area contributed by atoms with Gasteiger partial charge in [-0.1, -0.05) is 102 Å². The second kappa shape index (κ2) is 7.48. The van der Waals surface area contributed by atoms with Crippen LogP contribution < -0.4 is 0 Å². The molecule has 7 aromatic rings. The molecule has 0 aliphatic rings. The molecule has 0 spiro atoms. The molecular formula is C32H20OP+. The van der Waals surface area contributed by atoms with Crippen molar-refractivity contribution in [3.8, 4) is 11.1 Å². The first-order chi connectivity index (χ1) is 16.8. The summed E-state index contributed by atoms with van der Waals surface area (Å²) in [5.74, 6) is 0. The van der Waals surface area contributed by atoms with E-state index in [1.54, 1.807) is 0 Å². The van der Waals surface area contributed by atoms with E-state index >= 15 is 0 Å². The van der Waals surface area contributed by atoms with Crippen molar-refractivity contribution in [3.63, 3.8) is 0 Å². The molecule has 0 radical (unpaired) electrons. The van der Waals surface area contributed by atoms with Crippen LogP contribution in [0.15, 0.2) is 121 Å². The molecule has 1 nitrogen and oxygen atoms in total. The van der Waals surface area contributed by atoms with E-state index in [0.29, 0.717) is 0 Å². The maximum Gasteiger partial charge on any atom is 0.416 e. The Morgan fingerprint density at radius 3 is 1.97 bits per heavy atom. The molecule has 0 aliphatic heterocycles. The van der Waals surface area contributed by atoms with Crippen LogP contribution in [0.1, 0.15) is 0 Å². The summed E-state index contributed by atoms with van der Waals surface area (Å²) in [5, 5.41) is 11.0. The first kappa shape index (κ1) is 19.4. The maximum absolute atomic E-state index is 14.0. The van der Waals surface area contributed by atoms with Gasteiger partial charge in [0.1, 0.15) is 0 Å². The van der Waals surface area contributed by atoms with Gasteiger partial charge >= 0.3 is 7.41 Å². The number of fused-ring (bicyclic) bond motifs is 9. The van der Waals surface area contributed by atoms with Crippen LogP contribution in [-0.2, 0) is 4.57 Å². The van der Waals surface area contributed by atoms with Gasteiger partial charge in [0, 0.05) is 16.2 Å². The largest absolute Gasteiger partial charge is 0.416 e. The minimum atomic E-state index is -1.73. The van der Waals surface area contributed by atoms with E-state index in [4.69, 9.17) is 0 Å². The average molecular weight is 451 g/mol. The van der Waals surface area contributed by atoms with Crippen LogP contribution in [0.5, 0.6) is 0 Å². The lowest BCUT2D eigenvalue weighted by Gasteiger charge is -2.11. The Balaban J connectivity index is 1.85. The van der Waals surface area contributed by atoms with Crippen molar-refractivity contribution in [3.05, 3.63) is 121 Å². The summed E-state index contributed by atoms with van der Waals surface area (Å²) in [4.78, 5) is 0. The van der Waals surface area contributed by atoms with Gasteiger partial charge < -0.3 is 0 Å². The molecule has 1 unspecified atom stereocenters. The van der Waals surface area contributed by atoms with Crippen molar-refractivity contribution >= 4 is 60.7 Å². The molecule has 0 aliphatic carbocycles. The van der Waals surface area contributed by atoms with Crippen molar-refractivity contribution in [2.45, 2.75) is 0 Å². The van der Waals surface area contributed by atoms with Crippen LogP contribution in [0.3, 0.4) is 0 Å². The lowest BCUT2D eigenvalue weighted by Crippen LogP contribution is -1.84. The van der Waals surface area contributed by atoms with Gasteiger partial charge in [-0.2, -0.15) is 0 Å². The van der Waals surface area contributed by atoms with Gasteiger partial charge in [0.15, 0.2) is 0 Å². The van der Waals surface area contributed by atoms with Crippen molar-refractivity contribution in [2.24, 2.45) is 0 Å². The highest BCUT2D eigenvalue weighted by Crippen LogP contribution is 2.46. The first-order valence-electron chi connectivity index (χ1n) is 11.5. The third-order valence-corrected chi connectivity index (χ3v) is 8.57. The second-order valence-electron chi connectivity index (χ2n) is 8.75. The monoisotopic (exact) mass is 451 g/mol. The lowest BCUT2D eigenvalue weighted by molar-refractivity contribution is 0.602. The molecule has 0 amide bonds. The van der Waals surface area contributed by atoms with Crippen molar-refractivity contribution in [2.75, 3.05) is 0 Å². The minimum absolute atomic E-state index is 0.909. The summed E-state index contributed by atoms with van der Waals surface area (Å²) in [6.45, 7) is 0. The standard InChI is InChI=1S/C32H20OP/c33-34-29-16-7-6-13-26(29)28-19-18-25-23(21-9-2-1-3-10-21)14-8-15-27(25)31(28)32-24-12-5-4-11-22(24)17-20-30(32)34/h1-20H/q+1. The summed E-state index contributed by atoms with van der Waals surface area (Å²) in [7, 11) is -1.73. The first-order valence-corrected chi connectivity index (χ1v) is 12.8. The third kappa shape index (κ3) is 2.75. The molecule has 7 rings (SSSR count). The molecule has 0 saturated carbocycles. The molecule has 1 heterocycles. The maximum atomic E-state index is 14.0. The molecular weight excluding hydrogens is 431 g/mol. The molecule has 158 valence electrons. The summed E-state index contributed by atoms with van der Waals surface area (Å²) >= 11 is 0. The van der Waals surface area contributed by atoms with Gasteiger partial charge in [0.25, 0.3) is 0 Å². The zero-order valence-electron chi connectivity index (χ0n) is 18.4. The van der Waals surface area contributed by atoms with Crippen LogP contribution in [0.2, 0.25) is 0 Å². The normalized spacial score (nSPS) is 12.2. The predicted octanol–water partition coefficient (Wildman–Crippen LogP) is 9.86. The summed E-state index contributed by atoms with van der Waals surface area (Å²) in [5.41, 5.74) is 2.41.